The summed E-state index contributed by atoms with van der Waals surface area (Å²) < 4.78 is 11.3. The van der Waals surface area contributed by atoms with Gasteiger partial charge in [0, 0.05) is 21.0 Å². The smallest absolute Gasteiger partial charge is 0.254 e. The minimum atomic E-state index is -0.0607. The number of ketones is 1. The first-order chi connectivity index (χ1) is 14.2. The van der Waals surface area contributed by atoms with E-state index in [1.807, 2.05) is 35.7 Å². The van der Waals surface area contributed by atoms with Crippen molar-refractivity contribution in [2.24, 2.45) is 0 Å². The average Bonchev–Trinajstić information content (AvgIpc) is 3.44. The van der Waals surface area contributed by atoms with Crippen LogP contribution >= 0.6 is 22.9 Å². The number of carbonyl (C=O) groups is 1. The molecule has 0 amide bonds. The quantitative estimate of drug-likeness (QED) is 0.273. The molecule has 0 atom stereocenters. The van der Waals surface area contributed by atoms with E-state index in [1.54, 1.807) is 53.8 Å². The third-order valence-electron chi connectivity index (χ3n) is 4.00. The number of hydrogen-bond donors (Lipinski definition) is 0. The first-order valence-electron chi connectivity index (χ1n) is 8.74. The summed E-state index contributed by atoms with van der Waals surface area (Å²) in [5, 5.41) is 10.6. The number of hydrogen-bond acceptors (Lipinski definition) is 6. The van der Waals surface area contributed by atoms with Gasteiger partial charge in [0.15, 0.2) is 12.4 Å². The summed E-state index contributed by atoms with van der Waals surface area (Å²) in [6, 6.07) is 18.0. The number of allylic oxidation sites excluding steroid dienone is 1. The lowest BCUT2D eigenvalue weighted by Gasteiger charge is -2.04. The largest absolute Gasteiger partial charge is 0.484 e. The van der Waals surface area contributed by atoms with E-state index in [4.69, 9.17) is 20.8 Å². The Kier molecular flexibility index (Phi) is 5.84. The van der Waals surface area contributed by atoms with Crippen molar-refractivity contribution in [3.8, 4) is 17.2 Å². The number of rotatable bonds is 7. The molecule has 0 fully saturated rings. The molecule has 2 aromatic carbocycles. The molecular weight excluding hydrogens is 408 g/mol. The first kappa shape index (κ1) is 19.1. The molecule has 144 valence electrons. The van der Waals surface area contributed by atoms with Crippen LogP contribution in [0.3, 0.4) is 0 Å². The molecule has 29 heavy (non-hydrogen) atoms. The summed E-state index contributed by atoms with van der Waals surface area (Å²) in [6.07, 6.45) is 3.38. The highest BCUT2D eigenvalue weighted by atomic mass is 35.5. The number of thiophene rings is 1. The summed E-state index contributed by atoms with van der Waals surface area (Å²) in [5.41, 5.74) is 1.37. The number of aromatic nitrogens is 2. The van der Waals surface area contributed by atoms with Crippen LogP contribution in [0.15, 0.2) is 76.5 Å². The van der Waals surface area contributed by atoms with Gasteiger partial charge in [0.1, 0.15) is 5.75 Å². The van der Waals surface area contributed by atoms with Gasteiger partial charge < -0.3 is 9.15 Å². The minimum Gasteiger partial charge on any atom is -0.484 e. The zero-order valence-electron chi connectivity index (χ0n) is 15.1. The Labute approximate surface area is 176 Å². The summed E-state index contributed by atoms with van der Waals surface area (Å²) in [5.74, 6) is 1.30. The highest BCUT2D eigenvalue weighted by molar-refractivity contribution is 7.10. The van der Waals surface area contributed by atoms with Crippen molar-refractivity contribution in [3.63, 3.8) is 0 Å². The SMILES string of the molecule is O=C(/C=C/c1cccs1)c1ccc(OCc2nnc(-c3ccc(Cl)cc3)o2)cc1. The second kappa shape index (κ2) is 8.86. The molecule has 0 spiro atoms. The number of benzene rings is 2. The van der Waals surface area contributed by atoms with Gasteiger partial charge in [-0.05, 0) is 72.1 Å². The highest BCUT2D eigenvalue weighted by Gasteiger charge is 2.09. The lowest BCUT2D eigenvalue weighted by molar-refractivity contribution is 0.104. The van der Waals surface area contributed by atoms with E-state index in [9.17, 15) is 4.79 Å². The standard InChI is InChI=1S/C22H15ClN2O3S/c23-17-7-3-16(4-8-17)22-25-24-21(28-22)14-27-18-9-5-15(6-10-18)20(26)12-11-19-2-1-13-29-19/h1-13H,14H2/b12-11+. The van der Waals surface area contributed by atoms with Crippen LogP contribution in [-0.2, 0) is 6.61 Å². The third kappa shape index (κ3) is 4.99. The van der Waals surface area contributed by atoms with Crippen LogP contribution in [-0.4, -0.2) is 16.0 Å². The lowest BCUT2D eigenvalue weighted by Crippen LogP contribution is -1.97. The maximum Gasteiger partial charge on any atom is 0.254 e. The summed E-state index contributed by atoms with van der Waals surface area (Å²) in [4.78, 5) is 13.3. The predicted molar refractivity (Wildman–Crippen MR) is 113 cm³/mol. The summed E-state index contributed by atoms with van der Waals surface area (Å²) in [6.45, 7) is 0.131. The maximum atomic E-state index is 12.2. The van der Waals surface area contributed by atoms with Crippen LogP contribution in [0.25, 0.3) is 17.5 Å². The van der Waals surface area contributed by atoms with Crippen molar-refractivity contribution in [3.05, 3.63) is 93.5 Å². The van der Waals surface area contributed by atoms with Gasteiger partial charge in [-0.2, -0.15) is 0 Å². The van der Waals surface area contributed by atoms with Crippen molar-refractivity contribution in [1.82, 2.24) is 10.2 Å². The van der Waals surface area contributed by atoms with Gasteiger partial charge in [0.25, 0.3) is 5.89 Å². The van der Waals surface area contributed by atoms with Crippen LogP contribution < -0.4 is 4.74 Å². The molecule has 2 heterocycles. The number of carbonyl (C=O) groups excluding carboxylic acids is 1. The molecule has 5 nitrogen and oxygen atoms in total. The lowest BCUT2D eigenvalue weighted by atomic mass is 10.1. The molecule has 0 unspecified atom stereocenters. The average molecular weight is 423 g/mol. The number of halogens is 1. The zero-order chi connectivity index (χ0) is 20.1. The van der Waals surface area contributed by atoms with Gasteiger partial charge in [0.2, 0.25) is 5.89 Å². The van der Waals surface area contributed by atoms with Gasteiger partial charge in [0.05, 0.1) is 0 Å². The van der Waals surface area contributed by atoms with E-state index in [2.05, 4.69) is 10.2 Å². The second-order valence-corrected chi connectivity index (χ2v) is 7.45. The highest BCUT2D eigenvalue weighted by Crippen LogP contribution is 2.21. The third-order valence-corrected chi connectivity index (χ3v) is 5.09. The molecule has 2 aromatic heterocycles. The fourth-order valence-corrected chi connectivity index (χ4v) is 3.27. The molecule has 0 N–H and O–H groups in total. The predicted octanol–water partition coefficient (Wildman–Crippen LogP) is 5.93. The summed E-state index contributed by atoms with van der Waals surface area (Å²) in [7, 11) is 0. The Morgan fingerprint density at radius 2 is 1.86 bits per heavy atom. The first-order valence-corrected chi connectivity index (χ1v) is 10.0. The monoisotopic (exact) mass is 422 g/mol. The van der Waals surface area contributed by atoms with Crippen molar-refractivity contribution in [1.29, 1.82) is 0 Å². The Morgan fingerprint density at radius 1 is 1.07 bits per heavy atom. The number of ether oxygens (including phenoxy) is 1. The normalized spacial score (nSPS) is 11.1. The van der Waals surface area contributed by atoms with E-state index < -0.39 is 0 Å². The van der Waals surface area contributed by atoms with Crippen molar-refractivity contribution >= 4 is 34.8 Å². The molecule has 4 rings (SSSR count). The van der Waals surface area contributed by atoms with Crippen molar-refractivity contribution < 1.29 is 13.9 Å². The fourth-order valence-electron chi connectivity index (χ4n) is 2.52. The van der Waals surface area contributed by atoms with Gasteiger partial charge >= 0.3 is 0 Å². The Bertz CT molecular complexity index is 1120. The second-order valence-electron chi connectivity index (χ2n) is 6.03. The fraction of sp³-hybridized carbons (Fsp3) is 0.0455. The van der Waals surface area contributed by atoms with Crippen LogP contribution in [0.4, 0.5) is 0 Å². The molecule has 0 aliphatic rings. The molecular formula is C22H15ClN2O3S. The van der Waals surface area contributed by atoms with Crippen LogP contribution in [0, 0.1) is 0 Å². The van der Waals surface area contributed by atoms with E-state index >= 15 is 0 Å². The Balaban J connectivity index is 1.34. The minimum absolute atomic E-state index is 0.0607. The molecule has 0 aliphatic heterocycles. The van der Waals surface area contributed by atoms with Crippen LogP contribution in [0.2, 0.25) is 5.02 Å². The molecule has 0 radical (unpaired) electrons. The maximum absolute atomic E-state index is 12.2. The topological polar surface area (TPSA) is 65.2 Å². The zero-order valence-corrected chi connectivity index (χ0v) is 16.7. The molecule has 0 saturated carbocycles. The van der Waals surface area contributed by atoms with Crippen molar-refractivity contribution in [2.45, 2.75) is 6.61 Å². The van der Waals surface area contributed by atoms with Gasteiger partial charge in [-0.1, -0.05) is 17.7 Å². The van der Waals surface area contributed by atoms with E-state index in [-0.39, 0.29) is 12.4 Å². The van der Waals surface area contributed by atoms with E-state index in [0.29, 0.717) is 28.1 Å². The van der Waals surface area contributed by atoms with Gasteiger partial charge in [-0.3, -0.25) is 4.79 Å². The molecule has 0 saturated heterocycles. The Hall–Kier alpha value is -3.22. The van der Waals surface area contributed by atoms with Crippen LogP contribution in [0.5, 0.6) is 5.75 Å². The van der Waals surface area contributed by atoms with Gasteiger partial charge in [-0.25, -0.2) is 0 Å². The molecule has 0 bridgehead atoms. The van der Waals surface area contributed by atoms with E-state index in [1.165, 1.54) is 0 Å². The number of nitrogens with zero attached hydrogens (tertiary/aromatic N) is 2. The van der Waals surface area contributed by atoms with Crippen molar-refractivity contribution in [2.75, 3.05) is 0 Å². The molecule has 0 aliphatic carbocycles. The Morgan fingerprint density at radius 3 is 2.59 bits per heavy atom. The van der Waals surface area contributed by atoms with Gasteiger partial charge in [-0.15, -0.1) is 21.5 Å². The summed E-state index contributed by atoms with van der Waals surface area (Å²) >= 11 is 7.47. The van der Waals surface area contributed by atoms with E-state index in [0.717, 1.165) is 10.4 Å². The van der Waals surface area contributed by atoms with Crippen LogP contribution in [0.1, 0.15) is 21.1 Å². The molecule has 7 heteroatoms. The molecule has 4 aromatic rings.